The van der Waals surface area contributed by atoms with E-state index in [0.717, 1.165) is 31.0 Å². The van der Waals surface area contributed by atoms with Crippen LogP contribution in [0.5, 0.6) is 0 Å². The zero-order chi connectivity index (χ0) is 18.4. The van der Waals surface area contributed by atoms with Crippen molar-refractivity contribution >= 4 is 28.5 Å². The van der Waals surface area contributed by atoms with Gasteiger partial charge < -0.3 is 19.0 Å². The molecule has 1 amide bonds. The molecule has 1 fully saturated rings. The Morgan fingerprint density at radius 2 is 1.93 bits per heavy atom. The van der Waals surface area contributed by atoms with Gasteiger partial charge in [0.2, 0.25) is 5.71 Å². The molecule has 0 atom stereocenters. The molecule has 7 heteroatoms. The molecule has 5 rings (SSSR count). The number of hydrogen-bond acceptors (Lipinski definition) is 6. The summed E-state index contributed by atoms with van der Waals surface area (Å²) in [4.78, 5) is 26.2. The van der Waals surface area contributed by atoms with E-state index in [9.17, 15) is 4.79 Å². The predicted molar refractivity (Wildman–Crippen MR) is 101 cm³/mol. The number of carbonyl (C=O) groups is 1. The average molecular weight is 364 g/mol. The summed E-state index contributed by atoms with van der Waals surface area (Å²) in [5, 5.41) is 0.700. The molecule has 0 aliphatic carbocycles. The van der Waals surface area contributed by atoms with Crippen LogP contribution in [0, 0.1) is 6.92 Å². The highest BCUT2D eigenvalue weighted by Gasteiger charge is 2.32. The highest BCUT2D eigenvalue weighted by Crippen LogP contribution is 2.35. The van der Waals surface area contributed by atoms with Crippen LogP contribution in [0.1, 0.15) is 21.7 Å². The molecule has 0 radical (unpaired) electrons. The van der Waals surface area contributed by atoms with Gasteiger partial charge in [-0.15, -0.1) is 0 Å². The van der Waals surface area contributed by atoms with Crippen LogP contribution in [0.4, 0.5) is 11.5 Å². The average Bonchev–Trinajstić information content (AvgIpc) is 3.28. The molecule has 27 heavy (non-hydrogen) atoms. The van der Waals surface area contributed by atoms with Crippen molar-refractivity contribution in [2.45, 2.75) is 13.3 Å². The molecule has 4 heterocycles. The van der Waals surface area contributed by atoms with Gasteiger partial charge in [-0.3, -0.25) is 4.79 Å². The number of carbonyl (C=O) groups excluding carboxylic acids is 1. The second kappa shape index (κ2) is 6.35. The molecule has 2 aliphatic heterocycles. The van der Waals surface area contributed by atoms with E-state index in [1.807, 2.05) is 30.0 Å². The van der Waals surface area contributed by atoms with Gasteiger partial charge in [-0.05, 0) is 25.0 Å². The van der Waals surface area contributed by atoms with Crippen LogP contribution in [0.25, 0.3) is 11.1 Å². The predicted octanol–water partition coefficient (Wildman–Crippen LogP) is 2.57. The maximum atomic E-state index is 13.5. The van der Waals surface area contributed by atoms with E-state index in [2.05, 4.69) is 20.9 Å². The van der Waals surface area contributed by atoms with E-state index in [0.29, 0.717) is 42.2 Å². The van der Waals surface area contributed by atoms with Crippen molar-refractivity contribution in [3.05, 3.63) is 47.5 Å². The van der Waals surface area contributed by atoms with Crippen LogP contribution in [-0.2, 0) is 11.2 Å². The van der Waals surface area contributed by atoms with Gasteiger partial charge in [0.05, 0.1) is 24.2 Å². The van der Waals surface area contributed by atoms with Gasteiger partial charge in [0.25, 0.3) is 5.91 Å². The van der Waals surface area contributed by atoms with Crippen LogP contribution < -0.4 is 9.80 Å². The van der Waals surface area contributed by atoms with Crippen molar-refractivity contribution in [3.63, 3.8) is 0 Å². The molecule has 0 bridgehead atoms. The fraction of sp³-hybridized carbons (Fsp3) is 0.350. The number of hydrogen-bond donors (Lipinski definition) is 0. The lowest BCUT2D eigenvalue weighted by Gasteiger charge is -2.28. The van der Waals surface area contributed by atoms with Crippen LogP contribution in [0.15, 0.2) is 35.0 Å². The lowest BCUT2D eigenvalue weighted by atomic mass is 10.1. The smallest absolute Gasteiger partial charge is 0.262 e. The van der Waals surface area contributed by atoms with Crippen LogP contribution in [0.2, 0.25) is 0 Å². The summed E-state index contributed by atoms with van der Waals surface area (Å²) in [6.45, 7) is 5.24. The first-order chi connectivity index (χ1) is 13.2. The maximum absolute atomic E-state index is 13.5. The Bertz CT molecular complexity index is 1020. The third kappa shape index (κ3) is 2.57. The van der Waals surface area contributed by atoms with Crippen molar-refractivity contribution in [1.29, 1.82) is 0 Å². The monoisotopic (exact) mass is 364 g/mol. The maximum Gasteiger partial charge on any atom is 0.262 e. The lowest BCUT2D eigenvalue weighted by molar-refractivity contribution is 0.0989. The number of fused-ring (bicyclic) bond motifs is 2. The highest BCUT2D eigenvalue weighted by atomic mass is 16.5. The minimum absolute atomic E-state index is 0.0551. The van der Waals surface area contributed by atoms with Crippen molar-refractivity contribution < 1.29 is 13.9 Å². The molecule has 0 spiro atoms. The van der Waals surface area contributed by atoms with Crippen molar-refractivity contribution in [2.24, 2.45) is 0 Å². The Balaban J connectivity index is 1.63. The van der Waals surface area contributed by atoms with E-state index in [1.54, 1.807) is 0 Å². The Morgan fingerprint density at radius 1 is 1.11 bits per heavy atom. The number of morpholine rings is 1. The summed E-state index contributed by atoms with van der Waals surface area (Å²) in [7, 11) is 0. The number of furan rings is 1. The first kappa shape index (κ1) is 16.3. The van der Waals surface area contributed by atoms with Crippen molar-refractivity contribution in [2.75, 3.05) is 42.6 Å². The summed E-state index contributed by atoms with van der Waals surface area (Å²) in [6.07, 6.45) is 2.36. The van der Waals surface area contributed by atoms with E-state index < -0.39 is 0 Å². The first-order valence-electron chi connectivity index (χ1n) is 9.20. The van der Waals surface area contributed by atoms with Gasteiger partial charge in [-0.1, -0.05) is 18.2 Å². The summed E-state index contributed by atoms with van der Waals surface area (Å²) >= 11 is 0. The second-order valence-corrected chi connectivity index (χ2v) is 6.85. The molecule has 1 aromatic carbocycles. The van der Waals surface area contributed by atoms with Crippen LogP contribution in [-0.4, -0.2) is 48.7 Å². The number of aromatic nitrogens is 2. The number of para-hydroxylation sites is 1. The minimum atomic E-state index is -0.0551. The molecule has 3 aromatic rings. The summed E-state index contributed by atoms with van der Waals surface area (Å²) in [6, 6.07) is 8.05. The van der Waals surface area contributed by atoms with E-state index in [-0.39, 0.29) is 5.91 Å². The van der Waals surface area contributed by atoms with E-state index in [1.165, 1.54) is 11.9 Å². The third-order valence-corrected chi connectivity index (χ3v) is 5.30. The molecule has 7 nitrogen and oxygen atoms in total. The second-order valence-electron chi connectivity index (χ2n) is 6.85. The molecular formula is C20H20N4O3. The van der Waals surface area contributed by atoms with E-state index >= 15 is 0 Å². The Labute approximate surface area is 156 Å². The zero-order valence-electron chi connectivity index (χ0n) is 15.1. The Hall–Kier alpha value is -2.93. The van der Waals surface area contributed by atoms with Gasteiger partial charge in [0.1, 0.15) is 17.9 Å². The molecule has 138 valence electrons. The summed E-state index contributed by atoms with van der Waals surface area (Å²) in [5.41, 5.74) is 3.19. The number of anilines is 2. The summed E-state index contributed by atoms with van der Waals surface area (Å²) < 4.78 is 11.3. The number of rotatable bonds is 2. The van der Waals surface area contributed by atoms with Gasteiger partial charge in [-0.2, -0.15) is 0 Å². The van der Waals surface area contributed by atoms with Crippen molar-refractivity contribution in [3.8, 4) is 0 Å². The zero-order valence-corrected chi connectivity index (χ0v) is 15.1. The Kier molecular flexibility index (Phi) is 3.82. The molecule has 2 aliphatic rings. The molecule has 0 unspecified atom stereocenters. The number of ether oxygens (including phenoxy) is 1. The van der Waals surface area contributed by atoms with Crippen LogP contribution in [0.3, 0.4) is 0 Å². The van der Waals surface area contributed by atoms with Gasteiger partial charge >= 0.3 is 0 Å². The molecule has 2 aromatic heterocycles. The minimum Gasteiger partial charge on any atom is -0.442 e. The standard InChI is InChI=1S/C20H20N4O3/c1-13-16(20(25)24-7-6-14-4-2-3-5-15(14)24)17-18(21-12-22-19(17)27-13)23-8-10-26-11-9-23/h2-5,12H,6-11H2,1H3. The SMILES string of the molecule is Cc1oc2ncnc(N3CCOCC3)c2c1C(=O)N1CCc2ccccc21. The van der Waals surface area contributed by atoms with Gasteiger partial charge in [0.15, 0.2) is 0 Å². The molecule has 0 saturated carbocycles. The normalized spacial score (nSPS) is 16.8. The third-order valence-electron chi connectivity index (χ3n) is 5.30. The molecule has 0 N–H and O–H groups in total. The summed E-state index contributed by atoms with van der Waals surface area (Å²) in [5.74, 6) is 1.27. The first-order valence-corrected chi connectivity index (χ1v) is 9.20. The van der Waals surface area contributed by atoms with E-state index in [4.69, 9.17) is 9.15 Å². The largest absolute Gasteiger partial charge is 0.442 e. The Morgan fingerprint density at radius 3 is 2.78 bits per heavy atom. The van der Waals surface area contributed by atoms with Gasteiger partial charge in [0, 0.05) is 25.3 Å². The number of nitrogens with zero attached hydrogens (tertiary/aromatic N) is 4. The fourth-order valence-electron chi connectivity index (χ4n) is 3.99. The highest BCUT2D eigenvalue weighted by molar-refractivity contribution is 6.17. The number of amides is 1. The lowest BCUT2D eigenvalue weighted by Crippen LogP contribution is -2.37. The molecule has 1 saturated heterocycles. The molecular weight excluding hydrogens is 344 g/mol. The number of benzene rings is 1. The quantitative estimate of drug-likeness (QED) is 0.696. The number of aryl methyl sites for hydroxylation is 1. The topological polar surface area (TPSA) is 71.7 Å². The van der Waals surface area contributed by atoms with Crippen molar-refractivity contribution in [1.82, 2.24) is 9.97 Å². The fourth-order valence-corrected chi connectivity index (χ4v) is 3.99. The van der Waals surface area contributed by atoms with Gasteiger partial charge in [-0.25, -0.2) is 9.97 Å². The van der Waals surface area contributed by atoms with Crippen LogP contribution >= 0.6 is 0 Å².